The second-order valence-electron chi connectivity index (χ2n) is 3.69. The van der Waals surface area contributed by atoms with Crippen LogP contribution in [0.4, 0.5) is 0 Å². The van der Waals surface area contributed by atoms with Crippen molar-refractivity contribution in [3.8, 4) is 0 Å². The topological polar surface area (TPSA) is 0 Å². The average Bonchev–Trinajstić information content (AvgIpc) is 2.34. The lowest BCUT2D eigenvalue weighted by Crippen LogP contribution is -1.87. The maximum Gasteiger partial charge on any atom is -0.0317 e. The number of hydrogen-bond donors (Lipinski definition) is 0. The molecule has 0 aromatic rings. The summed E-state index contributed by atoms with van der Waals surface area (Å²) in [6.45, 7) is 4.60. The fraction of sp³-hybridized carbons (Fsp3) is 0.800. The van der Waals surface area contributed by atoms with Crippen molar-refractivity contribution < 1.29 is 0 Å². The van der Waals surface area contributed by atoms with Crippen LogP contribution < -0.4 is 0 Å². The highest BCUT2D eigenvalue weighted by Gasteiger charge is 2.04. The summed E-state index contributed by atoms with van der Waals surface area (Å²) in [5, 5.41) is 0. The van der Waals surface area contributed by atoms with Gasteiger partial charge in [-0.25, -0.2) is 0 Å². The molecule has 0 aliphatic heterocycles. The van der Waals surface area contributed by atoms with E-state index in [1.165, 1.54) is 32.1 Å². The smallest absolute Gasteiger partial charge is 0.0317 e. The van der Waals surface area contributed by atoms with Crippen LogP contribution in [0.5, 0.6) is 0 Å². The Morgan fingerprint density at radius 1 is 1.50 bits per heavy atom. The van der Waals surface area contributed by atoms with Gasteiger partial charge in [0.2, 0.25) is 0 Å². The molecule has 1 aliphatic carbocycles. The third-order valence-corrected chi connectivity index (χ3v) is 2.18. The van der Waals surface area contributed by atoms with Crippen LogP contribution in [0.1, 0.15) is 46.0 Å². The molecule has 0 heterocycles. The zero-order chi connectivity index (χ0) is 7.40. The standard InChI is InChI=1S/C10H18/c1-9(2)7-8-10-5-3-4-6-10/h5,9H,3-4,6-8H2,1-2H3. The molecule has 10 heavy (non-hydrogen) atoms. The number of rotatable bonds is 3. The minimum atomic E-state index is 0.876. The van der Waals surface area contributed by atoms with Gasteiger partial charge in [-0.3, -0.25) is 0 Å². The lowest BCUT2D eigenvalue weighted by atomic mass is 10.0. The summed E-state index contributed by atoms with van der Waals surface area (Å²) in [6, 6.07) is 0. The van der Waals surface area contributed by atoms with Gasteiger partial charge < -0.3 is 0 Å². The molecule has 0 fully saturated rings. The molecule has 1 aliphatic rings. The largest absolute Gasteiger partial charge is 0.0853 e. The molecule has 0 atom stereocenters. The number of hydrogen-bond acceptors (Lipinski definition) is 0. The van der Waals surface area contributed by atoms with E-state index in [4.69, 9.17) is 0 Å². The molecule has 58 valence electrons. The molecule has 1 rings (SSSR count). The van der Waals surface area contributed by atoms with Crippen molar-refractivity contribution in [3.63, 3.8) is 0 Å². The van der Waals surface area contributed by atoms with Crippen molar-refractivity contribution in [2.24, 2.45) is 5.92 Å². The van der Waals surface area contributed by atoms with Gasteiger partial charge in [-0.1, -0.05) is 25.5 Å². The van der Waals surface area contributed by atoms with Crippen molar-refractivity contribution in [2.45, 2.75) is 46.0 Å². The highest BCUT2D eigenvalue weighted by Crippen LogP contribution is 2.23. The Labute approximate surface area is 64.3 Å². The first kappa shape index (κ1) is 7.84. The number of allylic oxidation sites excluding steroid dienone is 2. The fourth-order valence-corrected chi connectivity index (χ4v) is 1.44. The van der Waals surface area contributed by atoms with Crippen LogP contribution in [0, 0.1) is 5.92 Å². The van der Waals surface area contributed by atoms with Gasteiger partial charge in [-0.05, 0) is 38.0 Å². The summed E-state index contributed by atoms with van der Waals surface area (Å²) < 4.78 is 0. The van der Waals surface area contributed by atoms with Crippen LogP contribution in [0.25, 0.3) is 0 Å². The Bertz CT molecular complexity index is 120. The van der Waals surface area contributed by atoms with Gasteiger partial charge in [-0.2, -0.15) is 0 Å². The summed E-state index contributed by atoms with van der Waals surface area (Å²) >= 11 is 0. The van der Waals surface area contributed by atoms with Crippen LogP contribution in [0.15, 0.2) is 11.6 Å². The Kier molecular flexibility index (Phi) is 2.98. The van der Waals surface area contributed by atoms with Crippen molar-refractivity contribution in [3.05, 3.63) is 11.6 Å². The van der Waals surface area contributed by atoms with Crippen molar-refractivity contribution >= 4 is 0 Å². The molecule has 0 spiro atoms. The van der Waals surface area contributed by atoms with Crippen molar-refractivity contribution in [1.82, 2.24) is 0 Å². The highest BCUT2D eigenvalue weighted by molar-refractivity contribution is 5.07. The van der Waals surface area contributed by atoms with E-state index in [2.05, 4.69) is 19.9 Å². The van der Waals surface area contributed by atoms with Gasteiger partial charge in [0, 0.05) is 0 Å². The van der Waals surface area contributed by atoms with Crippen molar-refractivity contribution in [2.75, 3.05) is 0 Å². The van der Waals surface area contributed by atoms with Crippen LogP contribution >= 0.6 is 0 Å². The first-order valence-electron chi connectivity index (χ1n) is 4.47. The van der Waals surface area contributed by atoms with Crippen LogP contribution in [-0.4, -0.2) is 0 Å². The minimum absolute atomic E-state index is 0.876. The average molecular weight is 138 g/mol. The predicted molar refractivity (Wildman–Crippen MR) is 46.0 cm³/mol. The van der Waals surface area contributed by atoms with Gasteiger partial charge in [0.1, 0.15) is 0 Å². The van der Waals surface area contributed by atoms with Gasteiger partial charge in [0.05, 0.1) is 0 Å². The zero-order valence-corrected chi connectivity index (χ0v) is 7.19. The Morgan fingerprint density at radius 2 is 2.30 bits per heavy atom. The van der Waals surface area contributed by atoms with E-state index < -0.39 is 0 Å². The molecule has 0 aromatic carbocycles. The highest BCUT2D eigenvalue weighted by atomic mass is 14.1. The maximum atomic E-state index is 2.43. The summed E-state index contributed by atoms with van der Waals surface area (Å²) in [5.41, 5.74) is 1.72. The summed E-state index contributed by atoms with van der Waals surface area (Å²) in [7, 11) is 0. The molecular weight excluding hydrogens is 120 g/mol. The molecule has 0 unspecified atom stereocenters. The molecule has 0 bridgehead atoms. The van der Waals surface area contributed by atoms with E-state index >= 15 is 0 Å². The third-order valence-electron chi connectivity index (χ3n) is 2.18. The second-order valence-corrected chi connectivity index (χ2v) is 3.69. The quantitative estimate of drug-likeness (QED) is 0.523. The second kappa shape index (κ2) is 3.80. The fourth-order valence-electron chi connectivity index (χ4n) is 1.44. The van der Waals surface area contributed by atoms with Crippen molar-refractivity contribution in [1.29, 1.82) is 0 Å². The lowest BCUT2D eigenvalue weighted by molar-refractivity contribution is 0.579. The zero-order valence-electron chi connectivity index (χ0n) is 7.19. The van der Waals surface area contributed by atoms with E-state index in [-0.39, 0.29) is 0 Å². The van der Waals surface area contributed by atoms with E-state index in [0.29, 0.717) is 0 Å². The molecule has 0 saturated heterocycles. The molecular formula is C10H18. The van der Waals surface area contributed by atoms with E-state index in [0.717, 1.165) is 5.92 Å². The Hall–Kier alpha value is -0.260. The summed E-state index contributed by atoms with van der Waals surface area (Å²) in [5.74, 6) is 0.876. The molecule has 0 amide bonds. The normalized spacial score (nSPS) is 18.1. The molecule has 0 heteroatoms. The van der Waals surface area contributed by atoms with Gasteiger partial charge in [0.15, 0.2) is 0 Å². The van der Waals surface area contributed by atoms with Gasteiger partial charge in [0.25, 0.3) is 0 Å². The van der Waals surface area contributed by atoms with Crippen LogP contribution in [-0.2, 0) is 0 Å². The molecule has 0 saturated carbocycles. The lowest BCUT2D eigenvalue weighted by Gasteiger charge is -2.03. The molecule has 0 N–H and O–H groups in total. The molecule has 0 aromatic heterocycles. The van der Waals surface area contributed by atoms with E-state index in [1.54, 1.807) is 5.57 Å². The van der Waals surface area contributed by atoms with Crippen LogP contribution in [0.3, 0.4) is 0 Å². The maximum absolute atomic E-state index is 2.43. The minimum Gasteiger partial charge on any atom is -0.0853 e. The molecule has 0 nitrogen and oxygen atoms in total. The third kappa shape index (κ3) is 2.55. The molecule has 0 radical (unpaired) electrons. The predicted octanol–water partition coefficient (Wildman–Crippen LogP) is 3.53. The SMILES string of the molecule is CC(C)CCC1=CCCC1. The Morgan fingerprint density at radius 3 is 2.80 bits per heavy atom. The summed E-state index contributed by atoms with van der Waals surface area (Å²) in [4.78, 5) is 0. The monoisotopic (exact) mass is 138 g/mol. The first-order valence-corrected chi connectivity index (χ1v) is 4.47. The van der Waals surface area contributed by atoms with E-state index in [1.807, 2.05) is 0 Å². The van der Waals surface area contributed by atoms with Crippen LogP contribution in [0.2, 0.25) is 0 Å². The first-order chi connectivity index (χ1) is 4.79. The van der Waals surface area contributed by atoms with Gasteiger partial charge in [-0.15, -0.1) is 0 Å². The summed E-state index contributed by atoms with van der Waals surface area (Å²) in [6.07, 6.45) is 9.31. The van der Waals surface area contributed by atoms with E-state index in [9.17, 15) is 0 Å². The Balaban J connectivity index is 2.13. The van der Waals surface area contributed by atoms with Gasteiger partial charge >= 0.3 is 0 Å².